The van der Waals surface area contributed by atoms with Gasteiger partial charge in [-0.05, 0) is 0 Å². The normalized spacial score (nSPS) is 7.25. The Balaban J connectivity index is -0.0000000133. The van der Waals surface area contributed by atoms with Crippen LogP contribution in [0.1, 0.15) is 1.43 Å². The molecule has 0 saturated carbocycles. The van der Waals surface area contributed by atoms with Gasteiger partial charge in [0.25, 0.3) is 0 Å². The molecule has 8 heavy (non-hydrogen) atoms. The van der Waals surface area contributed by atoms with Crippen molar-refractivity contribution in [2.45, 2.75) is 0 Å². The minimum Gasteiger partial charge on any atom is -1.00 e. The first-order valence-corrected chi connectivity index (χ1v) is 2.10. The van der Waals surface area contributed by atoms with Crippen LogP contribution in [-0.2, 0) is 10.4 Å². The second-order valence-electron chi connectivity index (χ2n) is 0.448. The predicted octanol–water partition coefficient (Wildman–Crippen LogP) is -4.21. The van der Waals surface area contributed by atoms with Crippen molar-refractivity contribution in [1.29, 1.82) is 0 Å². The van der Waals surface area contributed by atoms with Crippen LogP contribution >= 0.6 is 0 Å². The monoisotopic (exact) mass is 270 g/mol. The Hall–Kier alpha value is 1.81. The summed E-state index contributed by atoms with van der Waals surface area (Å²) in [6.07, 6.45) is 0. The first-order chi connectivity index (χ1) is 2.00. The molecule has 0 spiro atoms. The molecule has 0 atom stereocenters. The number of hydrogen-bond acceptors (Lipinski definition) is 2. The van der Waals surface area contributed by atoms with Crippen LogP contribution in [0.3, 0.4) is 0 Å². The summed E-state index contributed by atoms with van der Waals surface area (Å²) in [5, 5.41) is 0. The maximum absolute atomic E-state index is 8.74. The summed E-state index contributed by atoms with van der Waals surface area (Å²) in [7, 11) is -4.67. The van der Waals surface area contributed by atoms with E-state index < -0.39 is 10.4 Å². The Labute approximate surface area is 106 Å². The number of rotatable bonds is 0. The van der Waals surface area contributed by atoms with E-state index in [9.17, 15) is 0 Å². The van der Waals surface area contributed by atoms with Crippen molar-refractivity contribution in [3.05, 3.63) is 0 Å². The molecule has 0 saturated heterocycles. The van der Waals surface area contributed by atoms with E-state index in [1.807, 2.05) is 0 Å². The molecule has 0 aromatic heterocycles. The van der Waals surface area contributed by atoms with Crippen molar-refractivity contribution in [3.8, 4) is 0 Å². The van der Waals surface area contributed by atoms with Crippen LogP contribution in [0, 0.1) is 0 Å². The van der Waals surface area contributed by atoms with Crippen molar-refractivity contribution in [3.63, 3.8) is 0 Å². The molecule has 0 aliphatic heterocycles. The van der Waals surface area contributed by atoms with E-state index in [0.29, 0.717) is 0 Å². The zero-order valence-electron chi connectivity index (χ0n) is 5.03. The molecule has 0 fully saturated rings. The Morgan fingerprint density at radius 3 is 1.25 bits per heavy atom. The molecule has 0 amide bonds. The summed E-state index contributed by atoms with van der Waals surface area (Å²) < 4.78 is 31.6. The summed E-state index contributed by atoms with van der Waals surface area (Å²) in [5.74, 6) is 0. The Kier molecular flexibility index (Phi) is 24.8. The smallest absolute Gasteiger partial charge is 1.00 e. The summed E-state index contributed by atoms with van der Waals surface area (Å²) in [6, 6.07) is 0. The second kappa shape index (κ2) is 8.81. The molecule has 0 aliphatic rings. The molecule has 4 N–H and O–H groups in total. The van der Waals surface area contributed by atoms with E-state index >= 15 is 0 Å². The molecule has 0 rings (SSSR count). The summed E-state index contributed by atoms with van der Waals surface area (Å²) in [4.78, 5) is 0. The molecular weight excluding hydrogens is 264 g/mol. The molecule has 8 heteroatoms. The molecule has 0 aromatic rings. The van der Waals surface area contributed by atoms with E-state index in [0.717, 1.165) is 0 Å². The van der Waals surface area contributed by atoms with E-state index in [1.165, 1.54) is 0 Å². The maximum atomic E-state index is 8.74. The van der Waals surface area contributed by atoms with Crippen molar-refractivity contribution >= 4 is 10.4 Å². The van der Waals surface area contributed by atoms with Crippen molar-refractivity contribution in [2.75, 3.05) is 0 Å². The Bertz CT molecular complexity index is 100. The van der Waals surface area contributed by atoms with Crippen molar-refractivity contribution in [1.82, 2.24) is 0 Å². The number of halogens is 1. The van der Waals surface area contributed by atoms with Gasteiger partial charge in [0.1, 0.15) is 0 Å². The van der Waals surface area contributed by atoms with Crippen LogP contribution in [-0.4, -0.2) is 23.0 Å². The first-order valence-electron chi connectivity index (χ1n) is 0.698. The predicted molar refractivity (Wildman–Crippen MR) is 21.4 cm³/mol. The topological polar surface area (TPSA) is 106 Å². The van der Waals surface area contributed by atoms with Gasteiger partial charge in [0, 0.05) is 0 Å². The minimum atomic E-state index is -4.67. The zero-order chi connectivity index (χ0) is 4.50. The van der Waals surface area contributed by atoms with E-state index in [-0.39, 0.29) is 80.5 Å². The number of hydrogen-bond donors (Lipinski definition) is 2. The average molecular weight is 270 g/mol. The Morgan fingerprint density at radius 1 is 1.25 bits per heavy atom. The summed E-state index contributed by atoms with van der Waals surface area (Å²) >= 11 is 0. The zero-order valence-corrected chi connectivity index (χ0v) is 11.1. The molecule has 5 nitrogen and oxygen atoms in total. The third-order valence-corrected chi connectivity index (χ3v) is 0. The SMILES string of the molecule is F.O.O=S(=O)(O)O.[Cs+].[H-]. The molecule has 0 aromatic carbocycles. The third-order valence-electron chi connectivity index (χ3n) is 0. The van der Waals surface area contributed by atoms with Gasteiger partial charge in [0.15, 0.2) is 0 Å². The third kappa shape index (κ3) is 110. The van der Waals surface area contributed by atoms with E-state index in [4.69, 9.17) is 17.5 Å². The standard InChI is InChI=1S/Cs.FH.H2O4S.H2O.H/c;;1-5(2,3)4;;/h;1H;(H2,1,2,3,4);1H2;/q+1;;;;-1. The van der Waals surface area contributed by atoms with Gasteiger partial charge in [-0.3, -0.25) is 13.8 Å². The molecular formula is H6CsFO5S. The average Bonchev–Trinajstić information content (AvgIpc) is 0.722. The van der Waals surface area contributed by atoms with Crippen LogP contribution < -0.4 is 68.9 Å². The van der Waals surface area contributed by atoms with Crippen LogP contribution in [0.15, 0.2) is 0 Å². The van der Waals surface area contributed by atoms with Gasteiger partial charge in [-0.1, -0.05) is 0 Å². The first kappa shape index (κ1) is 22.6. The van der Waals surface area contributed by atoms with Crippen LogP contribution in [0.4, 0.5) is 4.70 Å². The van der Waals surface area contributed by atoms with Gasteiger partial charge in [0.05, 0.1) is 0 Å². The van der Waals surface area contributed by atoms with Crippen LogP contribution in [0.25, 0.3) is 0 Å². The summed E-state index contributed by atoms with van der Waals surface area (Å²) in [5.41, 5.74) is 0. The largest absolute Gasteiger partial charge is 1.00 e. The molecule has 0 bridgehead atoms. The van der Waals surface area contributed by atoms with Crippen LogP contribution in [0.5, 0.6) is 0 Å². The second-order valence-corrected chi connectivity index (χ2v) is 1.34. The van der Waals surface area contributed by atoms with Gasteiger partial charge in [-0.2, -0.15) is 8.42 Å². The summed E-state index contributed by atoms with van der Waals surface area (Å²) in [6.45, 7) is 0. The van der Waals surface area contributed by atoms with Crippen LogP contribution in [0.2, 0.25) is 0 Å². The maximum Gasteiger partial charge on any atom is 1.00 e. The molecule has 0 heterocycles. The van der Waals surface area contributed by atoms with Crippen molar-refractivity contribution < 1.29 is 98.0 Å². The van der Waals surface area contributed by atoms with Gasteiger partial charge in [-0.15, -0.1) is 0 Å². The molecule has 0 radical (unpaired) electrons. The van der Waals surface area contributed by atoms with Gasteiger partial charge in [0.2, 0.25) is 0 Å². The van der Waals surface area contributed by atoms with E-state index in [1.54, 1.807) is 0 Å². The quantitative estimate of drug-likeness (QED) is 0.435. The Morgan fingerprint density at radius 2 is 1.25 bits per heavy atom. The molecule has 0 aliphatic carbocycles. The van der Waals surface area contributed by atoms with E-state index in [2.05, 4.69) is 0 Å². The molecule has 50 valence electrons. The van der Waals surface area contributed by atoms with Crippen molar-refractivity contribution in [2.24, 2.45) is 0 Å². The fourth-order valence-electron chi connectivity index (χ4n) is 0. The van der Waals surface area contributed by atoms with Gasteiger partial charge in [-0.25, -0.2) is 0 Å². The van der Waals surface area contributed by atoms with Gasteiger partial charge < -0.3 is 6.90 Å². The van der Waals surface area contributed by atoms with Gasteiger partial charge >= 0.3 is 79.3 Å². The molecule has 0 unspecified atom stereocenters. The fraction of sp³-hybridized carbons (Fsp3) is 0. The fourth-order valence-corrected chi connectivity index (χ4v) is 0. The minimum absolute atomic E-state index is 0.